The molecule has 104 valence electrons. The number of nitrogens with zero attached hydrogens (tertiary/aromatic N) is 1. The number of carbonyl (C=O) groups is 1. The lowest BCUT2D eigenvalue weighted by Crippen LogP contribution is -2.41. The van der Waals surface area contributed by atoms with Crippen LogP contribution in [0.1, 0.15) is 24.6 Å². The molecule has 19 heavy (non-hydrogen) atoms. The number of carbonyl (C=O) groups excluding carboxylic acids is 1. The number of benzene rings is 1. The predicted molar refractivity (Wildman–Crippen MR) is 74.7 cm³/mol. The molecule has 1 aliphatic heterocycles. The summed E-state index contributed by atoms with van der Waals surface area (Å²) >= 11 is 5.89. The lowest BCUT2D eigenvalue weighted by Gasteiger charge is -2.36. The van der Waals surface area contributed by atoms with Crippen LogP contribution in [0.3, 0.4) is 0 Å². The topological polar surface area (TPSA) is 55.6 Å². The fourth-order valence-corrected chi connectivity index (χ4v) is 2.67. The van der Waals surface area contributed by atoms with Gasteiger partial charge >= 0.3 is 0 Å². The molecule has 0 bridgehead atoms. The number of hydrogen-bond acceptors (Lipinski definition) is 3. The Morgan fingerprint density at radius 2 is 1.95 bits per heavy atom. The molecule has 0 saturated carbocycles. The molecule has 1 fully saturated rings. The van der Waals surface area contributed by atoms with Crippen molar-refractivity contribution in [3.63, 3.8) is 0 Å². The number of likely N-dealkylation sites (tertiary alicyclic amines) is 1. The van der Waals surface area contributed by atoms with Crippen molar-refractivity contribution in [2.75, 3.05) is 20.2 Å². The lowest BCUT2D eigenvalue weighted by molar-refractivity contribution is -0.125. The van der Waals surface area contributed by atoms with Crippen LogP contribution in [0.4, 0.5) is 0 Å². The summed E-state index contributed by atoms with van der Waals surface area (Å²) in [6.45, 7) is 1.63. The predicted octanol–water partition coefficient (Wildman–Crippen LogP) is 2.18. The first-order valence-electron chi connectivity index (χ1n) is 6.43. The molecule has 0 radical (unpaired) electrons. The van der Waals surface area contributed by atoms with Gasteiger partial charge in [0, 0.05) is 31.1 Å². The van der Waals surface area contributed by atoms with Crippen molar-refractivity contribution < 1.29 is 9.53 Å². The Hall–Kier alpha value is -1.10. The van der Waals surface area contributed by atoms with Crippen LogP contribution in [0.15, 0.2) is 24.3 Å². The molecular weight excluding hydrogens is 264 g/mol. The summed E-state index contributed by atoms with van der Waals surface area (Å²) in [5, 5.41) is 0.714. The van der Waals surface area contributed by atoms with E-state index in [0.717, 1.165) is 31.5 Å². The maximum Gasteiger partial charge on any atom is 0.220 e. The summed E-state index contributed by atoms with van der Waals surface area (Å²) < 4.78 is 5.58. The SMILES string of the molecule is COC(c1ccc(Cl)cc1)N1CCC(C(N)=O)CC1. The molecule has 0 spiro atoms. The first-order valence-corrected chi connectivity index (χ1v) is 6.81. The van der Waals surface area contributed by atoms with Gasteiger partial charge in [-0.1, -0.05) is 23.7 Å². The van der Waals surface area contributed by atoms with Gasteiger partial charge in [-0.2, -0.15) is 0 Å². The summed E-state index contributed by atoms with van der Waals surface area (Å²) in [6, 6.07) is 7.66. The van der Waals surface area contributed by atoms with Crippen molar-refractivity contribution in [1.82, 2.24) is 4.90 Å². The van der Waals surface area contributed by atoms with Gasteiger partial charge in [0.25, 0.3) is 0 Å². The lowest BCUT2D eigenvalue weighted by atomic mass is 9.95. The molecule has 1 aromatic carbocycles. The van der Waals surface area contributed by atoms with Gasteiger partial charge in [0.05, 0.1) is 0 Å². The molecule has 5 heteroatoms. The third kappa shape index (κ3) is 3.47. The number of rotatable bonds is 4. The van der Waals surface area contributed by atoms with Crippen molar-refractivity contribution >= 4 is 17.5 Å². The fraction of sp³-hybridized carbons (Fsp3) is 0.500. The highest BCUT2D eigenvalue weighted by atomic mass is 35.5. The average molecular weight is 283 g/mol. The van der Waals surface area contributed by atoms with Crippen molar-refractivity contribution in [2.45, 2.75) is 19.1 Å². The Morgan fingerprint density at radius 3 is 2.42 bits per heavy atom. The first kappa shape index (κ1) is 14.3. The van der Waals surface area contributed by atoms with Crippen LogP contribution in [0.5, 0.6) is 0 Å². The molecule has 0 aromatic heterocycles. The molecule has 2 rings (SSSR count). The number of nitrogens with two attached hydrogens (primary N) is 1. The maximum absolute atomic E-state index is 11.2. The summed E-state index contributed by atoms with van der Waals surface area (Å²) in [6.07, 6.45) is 1.50. The van der Waals surface area contributed by atoms with E-state index in [2.05, 4.69) is 4.90 Å². The second kappa shape index (κ2) is 6.37. The number of methoxy groups -OCH3 is 1. The van der Waals surface area contributed by atoms with Gasteiger partial charge in [-0.3, -0.25) is 9.69 Å². The van der Waals surface area contributed by atoms with E-state index in [1.165, 1.54) is 0 Å². The second-order valence-corrected chi connectivity index (χ2v) is 5.29. The number of ether oxygens (including phenoxy) is 1. The van der Waals surface area contributed by atoms with Crippen LogP contribution in [-0.2, 0) is 9.53 Å². The van der Waals surface area contributed by atoms with Crippen LogP contribution in [0, 0.1) is 5.92 Å². The fourth-order valence-electron chi connectivity index (χ4n) is 2.54. The van der Waals surface area contributed by atoms with Crippen LogP contribution >= 0.6 is 11.6 Å². The molecule has 1 saturated heterocycles. The van der Waals surface area contributed by atoms with E-state index in [0.29, 0.717) is 5.02 Å². The highest BCUT2D eigenvalue weighted by Crippen LogP contribution is 2.28. The van der Waals surface area contributed by atoms with Crippen LogP contribution < -0.4 is 5.73 Å². The quantitative estimate of drug-likeness (QED) is 0.921. The number of amides is 1. The van der Waals surface area contributed by atoms with E-state index >= 15 is 0 Å². The summed E-state index contributed by atoms with van der Waals surface area (Å²) in [4.78, 5) is 13.4. The number of halogens is 1. The average Bonchev–Trinajstić information content (AvgIpc) is 2.42. The Balaban J connectivity index is 2.03. The zero-order valence-corrected chi connectivity index (χ0v) is 11.8. The standard InChI is InChI=1S/C14H19ClN2O2/c1-19-14(11-2-4-12(15)5-3-11)17-8-6-10(7-9-17)13(16)18/h2-5,10,14H,6-9H2,1H3,(H2,16,18). The number of piperidine rings is 1. The molecule has 1 aliphatic rings. The van der Waals surface area contributed by atoms with Gasteiger partial charge in [0.15, 0.2) is 0 Å². The zero-order valence-electron chi connectivity index (χ0n) is 11.0. The van der Waals surface area contributed by atoms with Gasteiger partial charge in [-0.15, -0.1) is 0 Å². The van der Waals surface area contributed by atoms with Crippen molar-refractivity contribution in [3.8, 4) is 0 Å². The molecule has 1 heterocycles. The first-order chi connectivity index (χ1) is 9.11. The minimum Gasteiger partial charge on any atom is -0.369 e. The van der Waals surface area contributed by atoms with E-state index in [4.69, 9.17) is 22.1 Å². The molecule has 2 N–H and O–H groups in total. The van der Waals surface area contributed by atoms with Gasteiger partial charge in [-0.05, 0) is 30.5 Å². The third-order valence-corrected chi connectivity index (χ3v) is 3.89. The second-order valence-electron chi connectivity index (χ2n) is 4.85. The van der Waals surface area contributed by atoms with Crippen LogP contribution in [0.25, 0.3) is 0 Å². The molecular formula is C14H19ClN2O2. The molecule has 1 aromatic rings. The highest BCUT2D eigenvalue weighted by Gasteiger charge is 2.28. The number of hydrogen-bond donors (Lipinski definition) is 1. The number of primary amides is 1. The third-order valence-electron chi connectivity index (χ3n) is 3.64. The van der Waals surface area contributed by atoms with Crippen LogP contribution in [0.2, 0.25) is 5.02 Å². The monoisotopic (exact) mass is 282 g/mol. The molecule has 1 atom stereocenters. The van der Waals surface area contributed by atoms with Gasteiger partial charge in [0.2, 0.25) is 5.91 Å². The largest absolute Gasteiger partial charge is 0.369 e. The summed E-state index contributed by atoms with van der Waals surface area (Å²) in [5.74, 6) is -0.195. The zero-order chi connectivity index (χ0) is 13.8. The Labute approximate surface area is 118 Å². The summed E-state index contributed by atoms with van der Waals surface area (Å²) in [5.41, 5.74) is 6.42. The van der Waals surface area contributed by atoms with E-state index in [1.807, 2.05) is 24.3 Å². The summed E-state index contributed by atoms with van der Waals surface area (Å²) in [7, 11) is 1.69. The Kier molecular flexibility index (Phi) is 4.80. The van der Waals surface area contributed by atoms with Gasteiger partial charge in [0.1, 0.15) is 6.23 Å². The minimum atomic E-state index is -0.194. The normalized spacial score (nSPS) is 19.3. The highest BCUT2D eigenvalue weighted by molar-refractivity contribution is 6.30. The minimum absolute atomic E-state index is 0.000950. The molecule has 1 amide bonds. The molecule has 4 nitrogen and oxygen atoms in total. The molecule has 0 aliphatic carbocycles. The van der Waals surface area contributed by atoms with E-state index < -0.39 is 0 Å². The smallest absolute Gasteiger partial charge is 0.220 e. The maximum atomic E-state index is 11.2. The van der Waals surface area contributed by atoms with E-state index in [-0.39, 0.29) is 18.1 Å². The van der Waals surface area contributed by atoms with Crippen LogP contribution in [-0.4, -0.2) is 31.0 Å². The van der Waals surface area contributed by atoms with E-state index in [9.17, 15) is 4.79 Å². The van der Waals surface area contributed by atoms with Crippen molar-refractivity contribution in [1.29, 1.82) is 0 Å². The Bertz CT molecular complexity index is 428. The van der Waals surface area contributed by atoms with E-state index in [1.54, 1.807) is 7.11 Å². The Morgan fingerprint density at radius 1 is 1.37 bits per heavy atom. The molecule has 1 unspecified atom stereocenters. The van der Waals surface area contributed by atoms with Gasteiger partial charge < -0.3 is 10.5 Å². The van der Waals surface area contributed by atoms with Gasteiger partial charge in [-0.25, -0.2) is 0 Å². The van der Waals surface area contributed by atoms with Crippen molar-refractivity contribution in [2.24, 2.45) is 11.7 Å². The van der Waals surface area contributed by atoms with Crippen molar-refractivity contribution in [3.05, 3.63) is 34.9 Å².